The number of carbonyl (C=O) groups excluding carboxylic acids is 2. The maximum atomic E-state index is 15.1. The highest BCUT2D eigenvalue weighted by Crippen LogP contribution is 2.36. The monoisotopic (exact) mass is 563 g/mol. The molecule has 3 aromatic rings. The minimum Gasteiger partial charge on any atom is -0.497 e. The van der Waals surface area contributed by atoms with Gasteiger partial charge in [0.25, 0.3) is 11.5 Å². The number of rotatable bonds is 9. The van der Waals surface area contributed by atoms with Crippen molar-refractivity contribution in [1.29, 1.82) is 0 Å². The molecule has 212 valence electrons. The molecule has 4 rings (SSSR count). The molecule has 1 aliphatic heterocycles. The molecule has 1 aromatic heterocycles. The van der Waals surface area contributed by atoms with Crippen LogP contribution in [-0.4, -0.2) is 53.9 Å². The van der Waals surface area contributed by atoms with E-state index in [2.05, 4.69) is 10.1 Å². The maximum Gasteiger partial charge on any atom is 0.387 e. The predicted molar refractivity (Wildman–Crippen MR) is 135 cm³/mol. The Morgan fingerprint density at radius 2 is 1.75 bits per heavy atom. The normalized spacial score (nSPS) is 17.7. The van der Waals surface area contributed by atoms with Crippen LogP contribution in [0.15, 0.2) is 59.5 Å². The smallest absolute Gasteiger partial charge is 0.387 e. The van der Waals surface area contributed by atoms with Gasteiger partial charge in [0.2, 0.25) is 5.91 Å². The Morgan fingerprint density at radius 3 is 2.33 bits per heavy atom. The average Bonchev–Trinajstić information content (AvgIpc) is 3.19. The molecule has 1 unspecified atom stereocenters. The van der Waals surface area contributed by atoms with Crippen molar-refractivity contribution in [3.8, 4) is 11.5 Å². The van der Waals surface area contributed by atoms with E-state index < -0.39 is 59.2 Å². The number of hydrogen-bond donors (Lipinski definition) is 2. The van der Waals surface area contributed by atoms with Crippen molar-refractivity contribution in [2.75, 3.05) is 18.6 Å². The lowest BCUT2D eigenvalue weighted by molar-refractivity contribution is -0.118. The first-order valence-corrected chi connectivity index (χ1v) is 12.1. The summed E-state index contributed by atoms with van der Waals surface area (Å²) in [5.74, 6) is -5.26. The highest BCUT2D eigenvalue weighted by Gasteiger charge is 2.46. The number of hydrogen-bond acceptors (Lipinski definition) is 6. The molecule has 2 aromatic carbocycles. The summed E-state index contributed by atoms with van der Waals surface area (Å²) in [6.07, 6.45) is 0.544. The zero-order chi connectivity index (χ0) is 29.1. The van der Waals surface area contributed by atoms with Gasteiger partial charge in [0.15, 0.2) is 0 Å². The van der Waals surface area contributed by atoms with Crippen LogP contribution in [0, 0.1) is 11.6 Å². The third-order valence-corrected chi connectivity index (χ3v) is 6.35. The lowest BCUT2D eigenvalue weighted by atomic mass is 9.92. The van der Waals surface area contributed by atoms with E-state index in [1.165, 1.54) is 49.1 Å². The van der Waals surface area contributed by atoms with Crippen LogP contribution in [0.5, 0.6) is 11.5 Å². The first-order chi connectivity index (χ1) is 19.0. The Balaban J connectivity index is 1.72. The fourth-order valence-electron chi connectivity index (χ4n) is 4.57. The molecule has 0 spiro atoms. The van der Waals surface area contributed by atoms with Crippen molar-refractivity contribution in [2.24, 2.45) is 0 Å². The fraction of sp³-hybridized carbons (Fsp3) is 0.296. The highest BCUT2D eigenvalue weighted by molar-refractivity contribution is 6.05. The first-order valence-electron chi connectivity index (χ1n) is 12.1. The molecule has 9 nitrogen and oxygen atoms in total. The molecule has 2 amide bonds. The van der Waals surface area contributed by atoms with Crippen LogP contribution in [0.4, 0.5) is 23.2 Å². The molecule has 0 aliphatic carbocycles. The van der Waals surface area contributed by atoms with Crippen molar-refractivity contribution in [1.82, 2.24) is 9.88 Å². The largest absolute Gasteiger partial charge is 0.497 e. The number of methoxy groups -OCH3 is 1. The van der Waals surface area contributed by atoms with E-state index in [9.17, 15) is 28.3 Å². The average molecular weight is 564 g/mol. The summed E-state index contributed by atoms with van der Waals surface area (Å²) in [7, 11) is 1.23. The Bertz CT molecular complexity index is 1440. The van der Waals surface area contributed by atoms with Crippen LogP contribution in [0.3, 0.4) is 0 Å². The summed E-state index contributed by atoms with van der Waals surface area (Å²) >= 11 is 0. The van der Waals surface area contributed by atoms with E-state index in [-0.39, 0.29) is 35.8 Å². The third kappa shape index (κ3) is 5.93. The van der Waals surface area contributed by atoms with Gasteiger partial charge in [-0.05, 0) is 43.3 Å². The summed E-state index contributed by atoms with van der Waals surface area (Å²) in [5, 5.41) is 12.2. The van der Waals surface area contributed by atoms with Gasteiger partial charge in [-0.25, -0.2) is 8.78 Å². The topological polar surface area (TPSA) is 110 Å². The second-order valence-electron chi connectivity index (χ2n) is 9.11. The van der Waals surface area contributed by atoms with Crippen molar-refractivity contribution in [3.63, 3.8) is 0 Å². The first kappa shape index (κ1) is 28.6. The number of aliphatic hydroxyl groups is 1. The molecule has 3 atom stereocenters. The highest BCUT2D eigenvalue weighted by atomic mass is 19.3. The van der Waals surface area contributed by atoms with Gasteiger partial charge in [-0.15, -0.1) is 0 Å². The maximum absolute atomic E-state index is 15.1. The molecule has 2 heterocycles. The van der Waals surface area contributed by atoms with Crippen LogP contribution in [0.2, 0.25) is 0 Å². The van der Waals surface area contributed by atoms with Crippen molar-refractivity contribution < 1.29 is 41.7 Å². The van der Waals surface area contributed by atoms with Crippen molar-refractivity contribution >= 4 is 17.5 Å². The molecule has 0 bridgehead atoms. The number of alkyl halides is 2. The number of nitrogens with one attached hydrogen (secondary N) is 1. The van der Waals surface area contributed by atoms with E-state index >= 15 is 8.78 Å². The number of pyridine rings is 1. The number of amides is 2. The van der Waals surface area contributed by atoms with Gasteiger partial charge >= 0.3 is 6.61 Å². The molecular formula is C27H25F4N3O6. The van der Waals surface area contributed by atoms with Crippen LogP contribution >= 0.6 is 0 Å². The van der Waals surface area contributed by atoms with Crippen molar-refractivity contribution in [2.45, 2.75) is 38.1 Å². The molecule has 13 heteroatoms. The van der Waals surface area contributed by atoms with Gasteiger partial charge in [-0.3, -0.25) is 14.4 Å². The van der Waals surface area contributed by atoms with Crippen molar-refractivity contribution in [3.05, 3.63) is 87.8 Å². The second kappa shape index (κ2) is 11.8. The lowest BCUT2D eigenvalue weighted by Crippen LogP contribution is -2.44. The summed E-state index contributed by atoms with van der Waals surface area (Å²) in [5.41, 5.74) is -1.28. The molecule has 1 aliphatic rings. The number of benzene rings is 2. The number of ether oxygens (including phenoxy) is 2. The molecule has 0 saturated carbocycles. The van der Waals surface area contributed by atoms with E-state index in [1.54, 1.807) is 0 Å². The Hall–Kier alpha value is -4.39. The number of aromatic nitrogens is 1. The third-order valence-electron chi connectivity index (χ3n) is 6.35. The zero-order valence-electron chi connectivity index (χ0n) is 21.3. The molecule has 1 fully saturated rings. The van der Waals surface area contributed by atoms with E-state index in [0.29, 0.717) is 0 Å². The van der Waals surface area contributed by atoms with Gasteiger partial charge in [0.05, 0.1) is 19.8 Å². The van der Waals surface area contributed by atoms with Gasteiger partial charge < -0.3 is 29.4 Å². The number of halogens is 4. The van der Waals surface area contributed by atoms with Gasteiger partial charge in [-0.1, -0.05) is 0 Å². The number of carbonyl (C=O) groups is 2. The van der Waals surface area contributed by atoms with Crippen LogP contribution < -0.4 is 25.2 Å². The minimum absolute atomic E-state index is 0.0405. The minimum atomic E-state index is -3.07. The molecule has 0 radical (unpaired) electrons. The molecule has 1 saturated heterocycles. The summed E-state index contributed by atoms with van der Waals surface area (Å²) < 4.78 is 65.5. The summed E-state index contributed by atoms with van der Waals surface area (Å²) in [6, 6.07) is 7.80. The SMILES string of the molecule is COc1cc(F)c([C@@H]2CN(c3cccn(CC(C)O)c3=O)C(=O)[C@H]2NC(=O)c2ccc(OC(F)F)cc2)c(F)c1. The number of nitrogens with zero attached hydrogens (tertiary/aromatic N) is 2. The second-order valence-corrected chi connectivity index (χ2v) is 9.11. The van der Waals surface area contributed by atoms with Gasteiger partial charge in [-0.2, -0.15) is 8.78 Å². The van der Waals surface area contributed by atoms with Crippen LogP contribution in [-0.2, 0) is 11.3 Å². The van der Waals surface area contributed by atoms with Crippen LogP contribution in [0.25, 0.3) is 0 Å². The number of aliphatic hydroxyl groups excluding tert-OH is 1. The summed E-state index contributed by atoms with van der Waals surface area (Å²) in [6.45, 7) is -2.02. The molecule has 40 heavy (non-hydrogen) atoms. The van der Waals surface area contributed by atoms with Gasteiger partial charge in [0.1, 0.15) is 34.9 Å². The molecule has 2 N–H and O–H groups in total. The van der Waals surface area contributed by atoms with Crippen LogP contribution in [0.1, 0.15) is 28.8 Å². The van der Waals surface area contributed by atoms with E-state index in [1.807, 2.05) is 0 Å². The Morgan fingerprint density at radius 1 is 1.10 bits per heavy atom. The van der Waals surface area contributed by atoms with E-state index in [4.69, 9.17) is 4.74 Å². The van der Waals surface area contributed by atoms with E-state index in [0.717, 1.165) is 29.2 Å². The standard InChI is InChI=1S/C27H25F4N3O6/c1-14(35)12-33-9-3-4-21(25(33)37)34-13-18(22-19(28)10-17(39-2)11-20(22)29)23(26(34)38)32-24(36)15-5-7-16(8-6-15)40-27(30)31/h3-11,14,18,23,27,35H,12-13H2,1-2H3,(H,32,36)/t14?,18-,23-/m0/s1. The molecular weight excluding hydrogens is 538 g/mol. The summed E-state index contributed by atoms with van der Waals surface area (Å²) in [4.78, 5) is 40.8. The quantitative estimate of drug-likeness (QED) is 0.388. The fourth-order valence-corrected chi connectivity index (χ4v) is 4.57. The Labute approximate surface area is 225 Å². The van der Waals surface area contributed by atoms with Gasteiger partial charge in [0, 0.05) is 41.9 Å². The Kier molecular flexibility index (Phi) is 8.43. The lowest BCUT2D eigenvalue weighted by Gasteiger charge is -2.20. The predicted octanol–water partition coefficient (Wildman–Crippen LogP) is 3.05. The zero-order valence-corrected chi connectivity index (χ0v) is 21.3. The number of anilines is 1.